The molecule has 0 saturated carbocycles. The Labute approximate surface area is 748 Å². The van der Waals surface area contributed by atoms with Gasteiger partial charge in [0.1, 0.15) is 0 Å². The van der Waals surface area contributed by atoms with Gasteiger partial charge in [-0.25, -0.2) is 19.9 Å². The molecule has 2 aliphatic carbocycles. The Morgan fingerprint density at radius 1 is 0.270 bits per heavy atom. The highest BCUT2D eigenvalue weighted by Crippen LogP contribution is 2.52. The molecule has 2 aromatic heterocycles. The van der Waals surface area contributed by atoms with Crippen LogP contribution < -0.4 is 5.46 Å². The lowest BCUT2D eigenvalue weighted by molar-refractivity contribution is 0.426. The van der Waals surface area contributed by atoms with Crippen LogP contribution in [0.4, 0.5) is 0 Å². The number of nitrogens with zero attached hydrogens (tertiary/aromatic N) is 4. The standard InChI is InChI=1S/C59H52N2.C49H45ClN2.C10H9BO2/c1-39-34-48(44-25-16-22-42(36-44)21-9-6-5-8-18-41-19-10-7-11-20-41)35-40(2)55(39)57-52-28-17-27-49(46-31-30-43-23-12-13-24-45(43)37-46)56(52)60-58(61-57)47-32-33-51-50-26-14-15-29-53(50)59(3,4)54(51)38-47;1-32-28-38(36-21-14-20-35(30-36)19-9-6-5-8-16-34-17-10-7-11-18-34)29-33(2)45(32)47-41-23-15-25-44(50)46(41)51-48(52-47)37-26-27-40-39-22-12-13-24-42(39)49(3,4)43(40)31-37;12-11(13)10-6-5-8-3-1-2-4-9(8)7-10/h7,10-17,19-20,22-38H,5-6,8-9,18,21H2,1-4H3;7,10-15,17-18,20-31H,5-6,8-9,16,19H2,1-4H3;1-7,12-13H. The second kappa shape index (κ2) is 36.7. The Morgan fingerprint density at radius 2 is 0.643 bits per heavy atom. The van der Waals surface area contributed by atoms with Crippen molar-refractivity contribution in [3.63, 3.8) is 0 Å². The van der Waals surface area contributed by atoms with E-state index in [9.17, 15) is 0 Å². The first-order valence-electron chi connectivity index (χ1n) is 45.0. The monoisotopic (exact) mass is 1660 g/mol. The molecule has 8 heteroatoms. The molecule has 0 fully saturated rings. The molecular formula is C118H106BClN4O2. The van der Waals surface area contributed by atoms with Gasteiger partial charge in [-0.2, -0.15) is 0 Å². The zero-order valence-electron chi connectivity index (χ0n) is 73.5. The summed E-state index contributed by atoms with van der Waals surface area (Å²) in [5.74, 6) is 1.45. The summed E-state index contributed by atoms with van der Waals surface area (Å²) in [6.45, 7) is 18.2. The second-order valence-corrected chi connectivity index (χ2v) is 36.1. The van der Waals surface area contributed by atoms with Crippen LogP contribution in [0.3, 0.4) is 0 Å². The summed E-state index contributed by atoms with van der Waals surface area (Å²) in [4.78, 5) is 21.5. The third-order valence-electron chi connectivity index (χ3n) is 26.3. The van der Waals surface area contributed by atoms with Gasteiger partial charge in [-0.05, 0) is 247 Å². The van der Waals surface area contributed by atoms with E-state index in [1.165, 1.54) is 192 Å². The van der Waals surface area contributed by atoms with Gasteiger partial charge in [0.15, 0.2) is 11.6 Å². The topological polar surface area (TPSA) is 92.0 Å². The van der Waals surface area contributed by atoms with E-state index >= 15 is 0 Å². The molecule has 20 rings (SSSR count). The number of unbranched alkanes of at least 4 members (excludes halogenated alkanes) is 6. The molecule has 620 valence electrons. The fourth-order valence-electron chi connectivity index (χ4n) is 19.7. The van der Waals surface area contributed by atoms with Gasteiger partial charge in [-0.1, -0.05) is 380 Å². The molecule has 0 spiro atoms. The normalized spacial score (nSPS) is 12.6. The van der Waals surface area contributed by atoms with Crippen LogP contribution in [-0.4, -0.2) is 37.1 Å². The highest BCUT2D eigenvalue weighted by atomic mass is 35.5. The Bertz CT molecular complexity index is 7050. The Balaban J connectivity index is 0.000000150. The van der Waals surface area contributed by atoms with Crippen LogP contribution in [0.15, 0.2) is 340 Å². The molecule has 6 nitrogen and oxygen atoms in total. The Kier molecular flexibility index (Phi) is 24.4. The van der Waals surface area contributed by atoms with Gasteiger partial charge in [0.25, 0.3) is 0 Å². The van der Waals surface area contributed by atoms with Crippen LogP contribution in [0.1, 0.15) is 146 Å². The second-order valence-electron chi connectivity index (χ2n) is 35.7. The largest absolute Gasteiger partial charge is 0.488 e. The molecule has 0 aliphatic heterocycles. The van der Waals surface area contributed by atoms with Crippen LogP contribution in [0.2, 0.25) is 5.02 Å². The fourth-order valence-corrected chi connectivity index (χ4v) is 19.9. The number of hydrogen-bond donors (Lipinski definition) is 2. The minimum absolute atomic E-state index is 0.109. The van der Waals surface area contributed by atoms with E-state index in [0.29, 0.717) is 16.3 Å². The molecule has 2 N–H and O–H groups in total. The lowest BCUT2D eigenvalue weighted by Crippen LogP contribution is -2.29. The van der Waals surface area contributed by atoms with E-state index in [1.807, 2.05) is 42.5 Å². The average molecular weight is 1660 g/mol. The number of halogens is 1. The number of aryl methyl sites for hydroxylation is 8. The minimum atomic E-state index is -1.38. The van der Waals surface area contributed by atoms with Crippen molar-refractivity contribution < 1.29 is 10.0 Å². The molecule has 16 aromatic carbocycles. The molecule has 18 aromatic rings. The maximum atomic E-state index is 8.94. The number of aromatic nitrogens is 4. The smallest absolute Gasteiger partial charge is 0.423 e. The van der Waals surface area contributed by atoms with Crippen molar-refractivity contribution >= 4 is 67.5 Å². The molecule has 2 aliphatic rings. The quantitative estimate of drug-likeness (QED) is 0.0519. The van der Waals surface area contributed by atoms with Gasteiger partial charge in [0, 0.05) is 49.4 Å². The van der Waals surface area contributed by atoms with Crippen LogP contribution in [0, 0.1) is 27.7 Å². The van der Waals surface area contributed by atoms with E-state index in [-0.39, 0.29) is 10.8 Å². The molecule has 0 saturated heterocycles. The average Bonchev–Trinajstić information content (AvgIpc) is 1.49. The summed E-state index contributed by atoms with van der Waals surface area (Å²) in [5, 5.41) is 25.1. The van der Waals surface area contributed by atoms with Crippen molar-refractivity contribution in [3.8, 4) is 101 Å². The summed E-state index contributed by atoms with van der Waals surface area (Å²) < 4.78 is 0. The molecule has 0 amide bonds. The molecule has 126 heavy (non-hydrogen) atoms. The number of hydrogen-bond acceptors (Lipinski definition) is 6. The SMILES string of the molecule is Cc1cc(-c2cccc(CCCCCCc3ccccc3)c2)cc(C)c1-c1nc(-c2ccc3c(c2)C(C)(C)c2ccccc2-3)nc2c(-c3ccc4ccccc4c3)cccc12.Cc1cc(-c2cccc(CCCCCCc3ccccc3)c2)cc(C)c1-c1nc(-c2ccc3c(c2)C(C)(C)c2ccccc2-3)nc2c(Cl)cccc12.OB(O)c1ccc2ccccc2c1. The lowest BCUT2D eigenvalue weighted by atomic mass is 9.79. The van der Waals surface area contributed by atoms with Gasteiger partial charge in [0.05, 0.1) is 27.4 Å². The van der Waals surface area contributed by atoms with E-state index < -0.39 is 7.12 Å². The Hall–Kier alpha value is -13.0. The van der Waals surface area contributed by atoms with Gasteiger partial charge >= 0.3 is 7.12 Å². The molecule has 0 atom stereocenters. The predicted molar refractivity (Wildman–Crippen MR) is 532 cm³/mol. The first-order chi connectivity index (χ1) is 61.4. The highest BCUT2D eigenvalue weighted by Gasteiger charge is 2.37. The third-order valence-corrected chi connectivity index (χ3v) is 26.6. The molecule has 0 unspecified atom stereocenters. The number of benzene rings is 16. The van der Waals surface area contributed by atoms with Gasteiger partial charge in [0.2, 0.25) is 0 Å². The first kappa shape index (κ1) is 83.9. The summed E-state index contributed by atoms with van der Waals surface area (Å²) in [6, 6.07) is 122. The molecule has 0 radical (unpaired) electrons. The van der Waals surface area contributed by atoms with Crippen LogP contribution in [0.25, 0.3) is 144 Å². The van der Waals surface area contributed by atoms with Crippen molar-refractivity contribution in [2.45, 2.75) is 143 Å². The zero-order valence-corrected chi connectivity index (χ0v) is 74.2. The van der Waals surface area contributed by atoms with Crippen molar-refractivity contribution in [1.29, 1.82) is 0 Å². The summed E-state index contributed by atoms with van der Waals surface area (Å²) >= 11 is 6.87. The van der Waals surface area contributed by atoms with Gasteiger partial charge in [-0.3, -0.25) is 0 Å². The molecule has 2 heterocycles. The van der Waals surface area contributed by atoms with E-state index in [0.717, 1.165) is 90.4 Å². The Morgan fingerprint density at radius 3 is 1.13 bits per heavy atom. The fraction of sp³-hybridized carbons (Fsp3) is 0.186. The van der Waals surface area contributed by atoms with Crippen molar-refractivity contribution in [3.05, 3.63) is 412 Å². The van der Waals surface area contributed by atoms with Crippen molar-refractivity contribution in [1.82, 2.24) is 19.9 Å². The maximum absolute atomic E-state index is 8.94. The molecule has 0 bridgehead atoms. The predicted octanol–water partition coefficient (Wildman–Crippen LogP) is 29.8. The van der Waals surface area contributed by atoms with Crippen LogP contribution >= 0.6 is 11.6 Å². The van der Waals surface area contributed by atoms with Crippen LogP contribution in [0.5, 0.6) is 0 Å². The third kappa shape index (κ3) is 17.5. The van der Waals surface area contributed by atoms with E-state index in [1.54, 1.807) is 12.1 Å². The van der Waals surface area contributed by atoms with Gasteiger partial charge in [-0.15, -0.1) is 0 Å². The van der Waals surface area contributed by atoms with Gasteiger partial charge < -0.3 is 10.0 Å². The number of fused-ring (bicyclic) bond motifs is 10. The molecular weight excluding hydrogens is 1550 g/mol. The van der Waals surface area contributed by atoms with Crippen LogP contribution in [-0.2, 0) is 36.5 Å². The highest BCUT2D eigenvalue weighted by molar-refractivity contribution is 6.59. The number of para-hydroxylation sites is 2. The summed E-state index contributed by atoms with van der Waals surface area (Å²) in [5.41, 5.74) is 36.7. The minimum Gasteiger partial charge on any atom is -0.423 e. The first-order valence-corrected chi connectivity index (χ1v) is 45.3. The van der Waals surface area contributed by atoms with Crippen molar-refractivity contribution in [2.75, 3.05) is 0 Å². The maximum Gasteiger partial charge on any atom is 0.488 e. The van der Waals surface area contributed by atoms with E-state index in [4.69, 9.17) is 41.6 Å². The summed E-state index contributed by atoms with van der Waals surface area (Å²) in [6.07, 6.45) is 14.6. The van der Waals surface area contributed by atoms with Crippen molar-refractivity contribution in [2.24, 2.45) is 0 Å². The van der Waals surface area contributed by atoms with E-state index in [2.05, 4.69) is 341 Å². The number of rotatable bonds is 22. The summed E-state index contributed by atoms with van der Waals surface area (Å²) in [7, 11) is -1.38. The lowest BCUT2D eigenvalue weighted by Gasteiger charge is -2.22. The zero-order chi connectivity index (χ0) is 86.6.